The standard InChI is InChI=1S/C22H20N6O3/c1-31-19-5-3-18(4-6-19)28-11-10-17(27-28)14-23-21(29)8-9-22(30)25-16-2-7-20-15(12-16)13-24-26-20/h2-13H,14H2,1H3,(H,23,29)(H,24,26)(H,25,30). The van der Waals surface area contributed by atoms with Crippen LogP contribution in [0.3, 0.4) is 0 Å². The number of aromatic amines is 1. The lowest BCUT2D eigenvalue weighted by atomic mass is 10.2. The molecule has 0 aliphatic rings. The molecule has 2 aromatic heterocycles. The maximum Gasteiger partial charge on any atom is 0.248 e. The number of carbonyl (C=O) groups is 2. The number of fused-ring (bicyclic) bond motifs is 1. The second-order valence-electron chi connectivity index (χ2n) is 6.66. The van der Waals surface area contributed by atoms with E-state index in [1.807, 2.05) is 42.6 Å². The Kier molecular flexibility index (Phi) is 5.75. The van der Waals surface area contributed by atoms with Crippen LogP contribution in [0.2, 0.25) is 0 Å². The van der Waals surface area contributed by atoms with Gasteiger partial charge in [0.2, 0.25) is 11.8 Å². The van der Waals surface area contributed by atoms with Crippen LogP contribution in [0.5, 0.6) is 5.75 Å². The number of methoxy groups -OCH3 is 1. The third-order valence-electron chi connectivity index (χ3n) is 4.52. The van der Waals surface area contributed by atoms with Crippen molar-refractivity contribution in [3.8, 4) is 11.4 Å². The van der Waals surface area contributed by atoms with Crippen molar-refractivity contribution in [3.63, 3.8) is 0 Å². The van der Waals surface area contributed by atoms with Crippen molar-refractivity contribution in [1.29, 1.82) is 0 Å². The summed E-state index contributed by atoms with van der Waals surface area (Å²) >= 11 is 0. The van der Waals surface area contributed by atoms with Crippen molar-refractivity contribution in [1.82, 2.24) is 25.3 Å². The van der Waals surface area contributed by atoms with E-state index in [0.717, 1.165) is 22.3 Å². The summed E-state index contributed by atoms with van der Waals surface area (Å²) in [5.74, 6) is -0.0255. The van der Waals surface area contributed by atoms with Crippen molar-refractivity contribution in [2.24, 2.45) is 0 Å². The van der Waals surface area contributed by atoms with Gasteiger partial charge in [-0.25, -0.2) is 4.68 Å². The Labute approximate surface area is 177 Å². The van der Waals surface area contributed by atoms with Crippen LogP contribution in [0.25, 0.3) is 16.6 Å². The molecule has 0 unspecified atom stereocenters. The van der Waals surface area contributed by atoms with Crippen LogP contribution in [-0.4, -0.2) is 38.9 Å². The molecule has 4 aromatic rings. The molecule has 9 heteroatoms. The topological polar surface area (TPSA) is 114 Å². The fourth-order valence-electron chi connectivity index (χ4n) is 2.93. The van der Waals surface area contributed by atoms with Crippen molar-refractivity contribution in [2.45, 2.75) is 6.54 Å². The first-order valence-electron chi connectivity index (χ1n) is 9.50. The molecule has 0 atom stereocenters. The molecule has 9 nitrogen and oxygen atoms in total. The Morgan fingerprint density at radius 3 is 2.71 bits per heavy atom. The summed E-state index contributed by atoms with van der Waals surface area (Å²) in [7, 11) is 1.61. The quantitative estimate of drug-likeness (QED) is 0.401. The van der Waals surface area contributed by atoms with E-state index in [1.54, 1.807) is 30.1 Å². The lowest BCUT2D eigenvalue weighted by molar-refractivity contribution is -0.117. The molecule has 3 N–H and O–H groups in total. The Morgan fingerprint density at radius 2 is 1.90 bits per heavy atom. The predicted octanol–water partition coefficient (Wildman–Crippen LogP) is 2.57. The molecule has 4 rings (SSSR count). The van der Waals surface area contributed by atoms with Crippen LogP contribution in [0.4, 0.5) is 5.69 Å². The van der Waals surface area contributed by atoms with Gasteiger partial charge in [0.1, 0.15) is 5.75 Å². The van der Waals surface area contributed by atoms with E-state index in [4.69, 9.17) is 4.74 Å². The Morgan fingerprint density at radius 1 is 1.10 bits per heavy atom. The van der Waals surface area contributed by atoms with Crippen LogP contribution in [0, 0.1) is 0 Å². The van der Waals surface area contributed by atoms with Gasteiger partial charge < -0.3 is 15.4 Å². The van der Waals surface area contributed by atoms with E-state index in [2.05, 4.69) is 25.9 Å². The van der Waals surface area contributed by atoms with Crippen LogP contribution >= 0.6 is 0 Å². The number of hydrogen-bond acceptors (Lipinski definition) is 5. The Bertz CT molecular complexity index is 1240. The Hall–Kier alpha value is -4.40. The van der Waals surface area contributed by atoms with E-state index in [-0.39, 0.29) is 12.5 Å². The summed E-state index contributed by atoms with van der Waals surface area (Å²) in [4.78, 5) is 24.1. The van der Waals surface area contributed by atoms with Crippen molar-refractivity contribution in [3.05, 3.63) is 78.8 Å². The maximum absolute atomic E-state index is 12.0. The molecule has 0 saturated carbocycles. The zero-order chi connectivity index (χ0) is 21.6. The molecule has 0 radical (unpaired) electrons. The molecule has 0 saturated heterocycles. The molecule has 31 heavy (non-hydrogen) atoms. The molecule has 2 aromatic carbocycles. The van der Waals surface area contributed by atoms with Gasteiger partial charge in [-0.15, -0.1) is 0 Å². The number of H-pyrrole nitrogens is 1. The number of rotatable bonds is 7. The average molecular weight is 416 g/mol. The highest BCUT2D eigenvalue weighted by Crippen LogP contribution is 2.17. The largest absolute Gasteiger partial charge is 0.497 e. The predicted molar refractivity (Wildman–Crippen MR) is 116 cm³/mol. The number of nitrogens with zero attached hydrogens (tertiary/aromatic N) is 3. The van der Waals surface area contributed by atoms with Gasteiger partial charge in [-0.1, -0.05) is 0 Å². The fourth-order valence-corrected chi connectivity index (χ4v) is 2.93. The minimum Gasteiger partial charge on any atom is -0.497 e. The van der Waals surface area contributed by atoms with E-state index in [0.29, 0.717) is 11.4 Å². The molecular weight excluding hydrogens is 396 g/mol. The van der Waals surface area contributed by atoms with Gasteiger partial charge in [0, 0.05) is 29.4 Å². The van der Waals surface area contributed by atoms with Gasteiger partial charge in [-0.3, -0.25) is 14.7 Å². The van der Waals surface area contributed by atoms with Crippen LogP contribution in [0.1, 0.15) is 5.69 Å². The number of nitrogens with one attached hydrogen (secondary N) is 3. The molecule has 0 aliphatic carbocycles. The van der Waals surface area contributed by atoms with Gasteiger partial charge in [-0.05, 0) is 48.5 Å². The average Bonchev–Trinajstić information content (AvgIpc) is 3.45. The second-order valence-corrected chi connectivity index (χ2v) is 6.66. The number of anilines is 1. The minimum atomic E-state index is -0.401. The Balaban J connectivity index is 1.28. The normalized spacial score (nSPS) is 11.0. The number of carbonyl (C=O) groups excluding carboxylic acids is 2. The van der Waals surface area contributed by atoms with E-state index < -0.39 is 5.91 Å². The van der Waals surface area contributed by atoms with Gasteiger partial charge in [0.15, 0.2) is 0 Å². The first-order valence-corrected chi connectivity index (χ1v) is 9.50. The number of aromatic nitrogens is 4. The summed E-state index contributed by atoms with van der Waals surface area (Å²) in [5, 5.41) is 17.5. The number of ether oxygens (including phenoxy) is 1. The van der Waals surface area contributed by atoms with E-state index in [1.165, 1.54) is 12.2 Å². The lowest BCUT2D eigenvalue weighted by Crippen LogP contribution is -2.21. The summed E-state index contributed by atoms with van der Waals surface area (Å²) in [6, 6.07) is 14.7. The third kappa shape index (κ3) is 4.96. The SMILES string of the molecule is COc1ccc(-n2ccc(CNC(=O)C=CC(=O)Nc3ccc4[nH]ncc4c3)n2)cc1. The van der Waals surface area contributed by atoms with Crippen molar-refractivity contribution >= 4 is 28.4 Å². The molecule has 0 fully saturated rings. The van der Waals surface area contributed by atoms with E-state index in [9.17, 15) is 9.59 Å². The van der Waals surface area contributed by atoms with Gasteiger partial charge >= 0.3 is 0 Å². The maximum atomic E-state index is 12.0. The van der Waals surface area contributed by atoms with Crippen molar-refractivity contribution in [2.75, 3.05) is 12.4 Å². The zero-order valence-corrected chi connectivity index (χ0v) is 16.7. The summed E-state index contributed by atoms with van der Waals surface area (Å²) < 4.78 is 6.86. The first kappa shape index (κ1) is 19.9. The zero-order valence-electron chi connectivity index (χ0n) is 16.7. The number of benzene rings is 2. The monoisotopic (exact) mass is 416 g/mol. The molecule has 0 aliphatic heterocycles. The van der Waals surface area contributed by atoms with Crippen LogP contribution < -0.4 is 15.4 Å². The highest BCUT2D eigenvalue weighted by Gasteiger charge is 2.05. The molecular formula is C22H20N6O3. The molecule has 2 amide bonds. The lowest BCUT2D eigenvalue weighted by Gasteiger charge is -2.04. The van der Waals surface area contributed by atoms with Gasteiger partial charge in [0.25, 0.3) is 0 Å². The minimum absolute atomic E-state index is 0.241. The summed E-state index contributed by atoms with van der Waals surface area (Å²) in [5.41, 5.74) is 3.06. The molecule has 156 valence electrons. The van der Waals surface area contributed by atoms with E-state index >= 15 is 0 Å². The summed E-state index contributed by atoms with van der Waals surface area (Å²) in [6.07, 6.45) is 5.85. The van der Waals surface area contributed by atoms with Crippen molar-refractivity contribution < 1.29 is 14.3 Å². The fraction of sp³-hybridized carbons (Fsp3) is 0.0909. The van der Waals surface area contributed by atoms with Gasteiger partial charge in [0.05, 0.1) is 36.7 Å². The highest BCUT2D eigenvalue weighted by atomic mass is 16.5. The number of amides is 2. The molecule has 0 spiro atoms. The second kappa shape index (κ2) is 8.95. The van der Waals surface area contributed by atoms with Crippen LogP contribution in [0.15, 0.2) is 73.1 Å². The van der Waals surface area contributed by atoms with Gasteiger partial charge in [-0.2, -0.15) is 10.2 Å². The number of hydrogen-bond donors (Lipinski definition) is 3. The molecule has 0 bridgehead atoms. The molecule has 2 heterocycles. The van der Waals surface area contributed by atoms with Crippen LogP contribution in [-0.2, 0) is 16.1 Å². The highest BCUT2D eigenvalue weighted by molar-refractivity contribution is 6.04. The smallest absolute Gasteiger partial charge is 0.248 e. The first-order chi connectivity index (χ1) is 15.1. The summed E-state index contributed by atoms with van der Waals surface area (Å²) in [6.45, 7) is 0.241. The third-order valence-corrected chi connectivity index (χ3v) is 4.52.